The number of nitrogens with one attached hydrogen (secondary N) is 8. The van der Waals surface area contributed by atoms with E-state index < -0.39 is 155 Å². The number of nitrogens with zero attached hydrogens (tertiary/aromatic N) is 9. The smallest absolute Gasteiger partial charge is 0.326 e. The summed E-state index contributed by atoms with van der Waals surface area (Å²) in [5, 5.41) is 64.9. The van der Waals surface area contributed by atoms with Crippen LogP contribution in [0.25, 0.3) is 21.5 Å². The summed E-state index contributed by atoms with van der Waals surface area (Å²) in [5.74, 6) is -7.70. The first-order chi connectivity index (χ1) is 55.2. The van der Waals surface area contributed by atoms with Gasteiger partial charge in [0.15, 0.2) is 0 Å². The summed E-state index contributed by atoms with van der Waals surface area (Å²) in [7, 11) is 4.64. The lowest BCUT2D eigenvalue weighted by atomic mass is 9.85. The van der Waals surface area contributed by atoms with E-state index in [2.05, 4.69) is 63.2 Å². The molecule has 12 unspecified atom stereocenters. The summed E-state index contributed by atoms with van der Waals surface area (Å²) >= 11 is 0. The molecule has 0 saturated carbocycles. The lowest BCUT2D eigenvalue weighted by molar-refractivity contribution is -0.145. The maximum Gasteiger partial charge on any atom is 0.326 e. The highest BCUT2D eigenvalue weighted by atomic mass is 16.5. The molecule has 6 aliphatic rings. The number of hydrogen-bond acceptors (Lipinski definition) is 19. The van der Waals surface area contributed by atoms with E-state index in [-0.39, 0.29) is 71.4 Å². The highest BCUT2D eigenvalue weighted by Crippen LogP contribution is 2.35. The number of carbonyl (C=O) groups excluding carboxylic acids is 9. The average molecular weight is 1590 g/mol. The van der Waals surface area contributed by atoms with Crippen molar-refractivity contribution in [1.29, 1.82) is 0 Å². The van der Waals surface area contributed by atoms with Crippen LogP contribution in [0.3, 0.4) is 0 Å². The van der Waals surface area contributed by atoms with Crippen molar-refractivity contribution in [1.82, 2.24) is 87.2 Å². The Labute approximate surface area is 671 Å². The van der Waals surface area contributed by atoms with E-state index in [4.69, 9.17) is 9.47 Å². The minimum atomic E-state index is -1.53. The highest BCUT2D eigenvalue weighted by Gasteiger charge is 2.49. The summed E-state index contributed by atoms with van der Waals surface area (Å²) < 4.78 is 15.5. The molecule has 14 rings (SSSR count). The van der Waals surface area contributed by atoms with Crippen LogP contribution in [0, 0.1) is 10.8 Å². The van der Waals surface area contributed by atoms with Crippen LogP contribution in [0.4, 0.5) is 0 Å². The third-order valence-electron chi connectivity index (χ3n) is 21.6. The lowest BCUT2D eigenvalue weighted by Crippen LogP contribution is -2.61. The van der Waals surface area contributed by atoms with Gasteiger partial charge in [-0.2, -0.15) is 0 Å². The molecule has 0 aliphatic carbocycles. The summed E-state index contributed by atoms with van der Waals surface area (Å²) in [6, 6.07) is 26.0. The number of aromatic nitrogens is 6. The Bertz CT molecular complexity index is 4920. The molecular formula is C84H103N17O15. The molecule has 10 N–H and O–H groups in total. The number of ether oxygens (including phenoxy) is 2. The summed E-state index contributed by atoms with van der Waals surface area (Å²) in [6.07, 6.45) is 2.13. The fraction of sp³-hybridized carbons (Fsp3) is 0.440. The molecule has 9 amide bonds. The number of carbonyl (C=O) groups is 11. The summed E-state index contributed by atoms with van der Waals surface area (Å²) in [4.78, 5) is 163. The molecule has 116 heavy (non-hydrogen) atoms. The Morgan fingerprint density at radius 1 is 0.534 bits per heavy atom. The number of likely N-dealkylation sites (N-methyl/N-ethyl adjacent to an activating group) is 3. The van der Waals surface area contributed by atoms with Gasteiger partial charge < -0.3 is 76.9 Å². The molecule has 2 fully saturated rings. The summed E-state index contributed by atoms with van der Waals surface area (Å²) in [5.41, 5.74) is 1.13. The Morgan fingerprint density at radius 2 is 0.931 bits per heavy atom. The van der Waals surface area contributed by atoms with Crippen molar-refractivity contribution in [2.24, 2.45) is 10.8 Å². The fourth-order valence-corrected chi connectivity index (χ4v) is 14.5. The van der Waals surface area contributed by atoms with Gasteiger partial charge in [0.25, 0.3) is 0 Å². The van der Waals surface area contributed by atoms with Gasteiger partial charge >= 0.3 is 11.9 Å². The molecule has 2 aromatic heterocycles. The predicted molar refractivity (Wildman–Crippen MR) is 428 cm³/mol. The molecule has 614 valence electrons. The molecule has 0 spiro atoms. The first kappa shape index (κ1) is 84.7. The van der Waals surface area contributed by atoms with Crippen molar-refractivity contribution in [3.8, 4) is 11.5 Å². The number of amides is 9. The maximum atomic E-state index is 15.5. The topological polar surface area (TPSA) is 414 Å². The Balaban J connectivity index is 0.947. The van der Waals surface area contributed by atoms with Crippen molar-refractivity contribution < 1.29 is 72.4 Å². The van der Waals surface area contributed by atoms with E-state index in [1.807, 2.05) is 84.9 Å². The molecule has 8 aromatic rings. The second-order valence-electron chi connectivity index (χ2n) is 32.3. The zero-order valence-corrected chi connectivity index (χ0v) is 67.0. The van der Waals surface area contributed by atoms with Gasteiger partial charge in [0.1, 0.15) is 84.4 Å². The second-order valence-corrected chi connectivity index (χ2v) is 32.3. The molecule has 32 heteroatoms. The zero-order valence-electron chi connectivity index (χ0n) is 67.0. The number of rotatable bonds is 17. The molecule has 12 atom stereocenters. The molecule has 6 aromatic carbocycles. The van der Waals surface area contributed by atoms with Crippen LogP contribution in [0.1, 0.15) is 120 Å². The highest BCUT2D eigenvalue weighted by molar-refractivity contribution is 5.99. The van der Waals surface area contributed by atoms with Crippen molar-refractivity contribution in [3.63, 3.8) is 0 Å². The van der Waals surface area contributed by atoms with Crippen LogP contribution in [0.5, 0.6) is 11.5 Å². The van der Waals surface area contributed by atoms with Gasteiger partial charge in [0, 0.05) is 65.2 Å². The number of carboxylic acids is 2. The predicted octanol–water partition coefficient (Wildman–Crippen LogP) is 4.14. The Hall–Kier alpha value is -12.2. The molecule has 8 heterocycles. The summed E-state index contributed by atoms with van der Waals surface area (Å²) in [6.45, 7) is 13.3. The minimum Gasteiger partial charge on any atom is -0.487 e. The van der Waals surface area contributed by atoms with E-state index in [0.29, 0.717) is 45.1 Å². The number of fused-ring (bicyclic) bond motifs is 2. The van der Waals surface area contributed by atoms with Gasteiger partial charge in [-0.25, -0.2) is 14.2 Å². The first-order valence-electron chi connectivity index (χ1n) is 38.9. The lowest BCUT2D eigenvalue weighted by Gasteiger charge is -2.36. The van der Waals surface area contributed by atoms with Gasteiger partial charge in [0.2, 0.25) is 53.2 Å². The Kier molecular flexibility index (Phi) is 27.0. The average Bonchev–Trinajstić information content (AvgIpc) is 1.25. The molecule has 2 saturated heterocycles. The van der Waals surface area contributed by atoms with Gasteiger partial charge in [-0.3, -0.25) is 47.9 Å². The van der Waals surface area contributed by atoms with Crippen LogP contribution in [-0.4, -0.2) is 221 Å². The quantitative estimate of drug-likeness (QED) is 0.0612. The molecule has 32 nitrogen and oxygen atoms in total. The number of carboxylic acid groups (broad SMARTS) is 2. The van der Waals surface area contributed by atoms with E-state index in [9.17, 15) is 39.0 Å². The van der Waals surface area contributed by atoms with Gasteiger partial charge in [0.05, 0.1) is 43.0 Å². The molecular weight excluding hydrogens is 1490 g/mol. The van der Waals surface area contributed by atoms with Crippen LogP contribution < -0.4 is 52.0 Å². The number of benzene rings is 6. The maximum absolute atomic E-state index is 15.5. The van der Waals surface area contributed by atoms with Crippen molar-refractivity contribution in [2.75, 3.05) is 40.8 Å². The van der Waals surface area contributed by atoms with E-state index in [0.717, 1.165) is 21.5 Å². The molecule has 0 radical (unpaired) electrons. The zero-order chi connectivity index (χ0) is 83.4. The Morgan fingerprint density at radius 3 is 1.32 bits per heavy atom. The van der Waals surface area contributed by atoms with Gasteiger partial charge in [-0.1, -0.05) is 161 Å². The van der Waals surface area contributed by atoms with Crippen molar-refractivity contribution in [3.05, 3.63) is 179 Å². The van der Waals surface area contributed by atoms with Crippen molar-refractivity contribution in [2.45, 2.75) is 186 Å². The van der Waals surface area contributed by atoms with Crippen LogP contribution in [0.15, 0.2) is 146 Å². The normalized spacial score (nSPS) is 21.1. The fourth-order valence-electron chi connectivity index (χ4n) is 14.5. The standard InChI is InChI=1S/C84H103N17O15/c1-48(85-9)73(104)91-71(83(3,4)5)80(111)98-44-60-40-68(98)77(108)87-64(38-52-20-26-54-16-12-14-18-56(54)34-52)75(106)89-66(79(110)97(11)33-32-70(102)103)36-50-22-28-62(29-23-50)115-46-58-42-101(95-93-58)61-41-69(99(45-61)81(112)72(84(6,7)8)92-74(105)49(2)86-10)78(109)88-65(39-53-21-27-55-17-13-15-19-57(55)35-53)76(107)90-67(82(113)114)37-51-24-30-63(31-25-51)116-47-59-43-100(60)96-94-59/h12-31,34-35,42-43,48-49,60-61,64-69,71-72,85-86H,32-33,36-41,44-47H2,1-11H3,(H,87,108)(H,88,109)(H,89,106)(H,90,107)(H,91,104)(H,92,105)(H,102,103)(H,113,114). The first-order valence-corrected chi connectivity index (χ1v) is 38.9. The SMILES string of the molecule is CNC(C)C(=O)NC(C(=O)N1CC2CC1C(=O)NC(Cc1ccc3ccccc3c1)C(=O)NC(C(=O)O)Cc1ccc(cc1)OCc1cn(nn1)C1CC(C(=O)NC(Cc3ccc4ccccc4c3)C(=O)NC(C(=O)N(C)CCC(=O)O)Cc3ccc(cc3)OCc3cn2nn3)N(C(=O)C(NC(=O)C(C)NC)C(C)(C)C)C1)C(C)(C)C. The van der Waals surface area contributed by atoms with Gasteiger partial charge in [-0.15, -0.1) is 10.2 Å². The van der Waals surface area contributed by atoms with E-state index in [1.54, 1.807) is 130 Å². The monoisotopic (exact) mass is 1590 g/mol. The number of likely N-dealkylation sites (tertiary alicyclic amines) is 2. The number of hydrogen-bond donors (Lipinski definition) is 10. The van der Waals surface area contributed by atoms with Crippen LogP contribution in [-0.2, 0) is 91.6 Å². The van der Waals surface area contributed by atoms with E-state index >= 15 is 24.0 Å². The largest absolute Gasteiger partial charge is 0.487 e. The van der Waals surface area contributed by atoms with Crippen LogP contribution in [0.2, 0.25) is 0 Å². The molecule has 12 bridgehead atoms. The molecule has 6 aliphatic heterocycles. The van der Waals surface area contributed by atoms with E-state index in [1.165, 1.54) is 31.1 Å². The third-order valence-corrected chi connectivity index (χ3v) is 21.6. The second kappa shape index (κ2) is 37.0. The minimum absolute atomic E-state index is 0.0539. The third kappa shape index (κ3) is 21.2. The van der Waals surface area contributed by atoms with Gasteiger partial charge in [-0.05, 0) is 107 Å². The van der Waals surface area contributed by atoms with Crippen molar-refractivity contribution >= 4 is 86.6 Å². The number of aliphatic carboxylic acids is 2. The van der Waals surface area contributed by atoms with Crippen LogP contribution >= 0.6 is 0 Å².